The highest BCUT2D eigenvalue weighted by atomic mass is 35.5. The number of rotatable bonds is 4. The van der Waals surface area contributed by atoms with Gasteiger partial charge in [-0.25, -0.2) is 0 Å². The van der Waals surface area contributed by atoms with E-state index in [1.807, 2.05) is 0 Å². The fourth-order valence-corrected chi connectivity index (χ4v) is 1.58. The SMILES string of the molecule is CCC1C=C(OCC(C)C)C(Cl)=CC1. The van der Waals surface area contributed by atoms with Gasteiger partial charge >= 0.3 is 0 Å². The summed E-state index contributed by atoms with van der Waals surface area (Å²) in [6, 6.07) is 0. The summed E-state index contributed by atoms with van der Waals surface area (Å²) in [4.78, 5) is 0. The molecule has 0 aromatic heterocycles. The maximum absolute atomic E-state index is 6.06. The molecule has 0 spiro atoms. The molecule has 0 aromatic carbocycles. The molecular weight excluding hydrogens is 196 g/mol. The molecule has 0 amide bonds. The number of hydrogen-bond acceptors (Lipinski definition) is 1. The van der Waals surface area contributed by atoms with Gasteiger partial charge in [0.05, 0.1) is 11.6 Å². The molecule has 0 bridgehead atoms. The van der Waals surface area contributed by atoms with E-state index in [0.717, 1.165) is 30.2 Å². The molecule has 0 aromatic rings. The van der Waals surface area contributed by atoms with Crippen LogP contribution in [0.1, 0.15) is 33.6 Å². The van der Waals surface area contributed by atoms with Crippen molar-refractivity contribution in [2.45, 2.75) is 33.6 Å². The van der Waals surface area contributed by atoms with Gasteiger partial charge in [-0.05, 0) is 30.8 Å². The van der Waals surface area contributed by atoms with Crippen LogP contribution in [-0.4, -0.2) is 6.61 Å². The molecule has 0 N–H and O–H groups in total. The molecule has 1 aliphatic rings. The Kier molecular flexibility index (Phi) is 4.53. The van der Waals surface area contributed by atoms with E-state index in [9.17, 15) is 0 Å². The Balaban J connectivity index is 2.55. The molecule has 0 fully saturated rings. The molecule has 0 radical (unpaired) electrons. The zero-order valence-corrected chi connectivity index (χ0v) is 9.97. The second kappa shape index (κ2) is 5.45. The van der Waals surface area contributed by atoms with Gasteiger partial charge in [-0.1, -0.05) is 38.4 Å². The summed E-state index contributed by atoms with van der Waals surface area (Å²) in [7, 11) is 0. The van der Waals surface area contributed by atoms with Gasteiger partial charge in [0.25, 0.3) is 0 Å². The third-order valence-corrected chi connectivity index (χ3v) is 2.66. The lowest BCUT2D eigenvalue weighted by Crippen LogP contribution is -2.07. The van der Waals surface area contributed by atoms with Gasteiger partial charge in [-0.3, -0.25) is 0 Å². The molecule has 0 heterocycles. The molecule has 1 unspecified atom stereocenters. The van der Waals surface area contributed by atoms with Crippen LogP contribution >= 0.6 is 11.6 Å². The van der Waals surface area contributed by atoms with E-state index in [1.54, 1.807) is 0 Å². The number of halogens is 1. The summed E-state index contributed by atoms with van der Waals surface area (Å²) in [5.74, 6) is 2.01. The van der Waals surface area contributed by atoms with Crippen molar-refractivity contribution in [2.24, 2.45) is 11.8 Å². The minimum Gasteiger partial charge on any atom is -0.492 e. The van der Waals surface area contributed by atoms with Gasteiger partial charge in [0.2, 0.25) is 0 Å². The number of ether oxygens (including phenoxy) is 1. The minimum absolute atomic E-state index is 0.544. The molecule has 1 atom stereocenters. The quantitative estimate of drug-likeness (QED) is 0.685. The van der Waals surface area contributed by atoms with Crippen molar-refractivity contribution in [1.82, 2.24) is 0 Å². The van der Waals surface area contributed by atoms with E-state index in [1.165, 1.54) is 0 Å². The molecule has 0 saturated carbocycles. The Bertz CT molecular complexity index is 241. The summed E-state index contributed by atoms with van der Waals surface area (Å²) < 4.78 is 5.65. The standard InChI is InChI=1S/C12H19ClO/c1-4-10-5-6-11(13)12(7-10)14-8-9(2)3/h6-7,9-10H,4-5,8H2,1-3H3. The fraction of sp³-hybridized carbons (Fsp3) is 0.667. The fourth-order valence-electron chi connectivity index (χ4n) is 1.38. The van der Waals surface area contributed by atoms with Gasteiger partial charge in [0.1, 0.15) is 5.76 Å². The van der Waals surface area contributed by atoms with E-state index in [0.29, 0.717) is 11.8 Å². The average Bonchev–Trinajstić information content (AvgIpc) is 2.16. The molecule has 1 rings (SSSR count). The van der Waals surface area contributed by atoms with Crippen LogP contribution in [0.15, 0.2) is 22.9 Å². The van der Waals surface area contributed by atoms with E-state index < -0.39 is 0 Å². The highest BCUT2D eigenvalue weighted by Gasteiger charge is 2.14. The van der Waals surface area contributed by atoms with Gasteiger partial charge in [0, 0.05) is 0 Å². The van der Waals surface area contributed by atoms with Crippen LogP contribution in [0.2, 0.25) is 0 Å². The number of hydrogen-bond donors (Lipinski definition) is 0. The van der Waals surface area contributed by atoms with Crippen molar-refractivity contribution in [3.63, 3.8) is 0 Å². The Hall–Kier alpha value is -0.430. The molecule has 0 saturated heterocycles. The van der Waals surface area contributed by atoms with Gasteiger partial charge < -0.3 is 4.74 Å². The lowest BCUT2D eigenvalue weighted by Gasteiger charge is -2.19. The summed E-state index contributed by atoms with van der Waals surface area (Å²) in [6.45, 7) is 7.21. The van der Waals surface area contributed by atoms with Crippen LogP contribution in [0.3, 0.4) is 0 Å². The van der Waals surface area contributed by atoms with Gasteiger partial charge in [0.15, 0.2) is 0 Å². The lowest BCUT2D eigenvalue weighted by atomic mass is 9.97. The predicted octanol–water partition coefficient (Wildman–Crippen LogP) is 4.10. The van der Waals surface area contributed by atoms with Crippen LogP contribution in [0, 0.1) is 11.8 Å². The predicted molar refractivity (Wildman–Crippen MR) is 61.2 cm³/mol. The molecule has 0 aliphatic heterocycles. The van der Waals surface area contributed by atoms with Gasteiger partial charge in [-0.15, -0.1) is 0 Å². The third kappa shape index (κ3) is 3.38. The second-order valence-electron chi connectivity index (χ2n) is 4.19. The zero-order valence-electron chi connectivity index (χ0n) is 9.22. The van der Waals surface area contributed by atoms with Crippen LogP contribution in [-0.2, 0) is 4.74 Å². The first kappa shape index (κ1) is 11.6. The summed E-state index contributed by atoms with van der Waals surface area (Å²) in [5, 5.41) is 0.773. The first-order valence-electron chi connectivity index (χ1n) is 5.34. The Morgan fingerprint density at radius 2 is 2.29 bits per heavy atom. The lowest BCUT2D eigenvalue weighted by molar-refractivity contribution is 0.184. The van der Waals surface area contributed by atoms with Crippen molar-refractivity contribution in [3.8, 4) is 0 Å². The van der Waals surface area contributed by atoms with Crippen molar-refractivity contribution in [2.75, 3.05) is 6.61 Å². The van der Waals surface area contributed by atoms with E-state index in [4.69, 9.17) is 16.3 Å². The van der Waals surface area contributed by atoms with E-state index in [2.05, 4.69) is 32.9 Å². The second-order valence-corrected chi connectivity index (χ2v) is 4.60. The van der Waals surface area contributed by atoms with E-state index in [-0.39, 0.29) is 0 Å². The van der Waals surface area contributed by atoms with Crippen molar-refractivity contribution in [3.05, 3.63) is 22.9 Å². The topological polar surface area (TPSA) is 9.23 Å². The van der Waals surface area contributed by atoms with Crippen LogP contribution in [0.5, 0.6) is 0 Å². The Labute approximate surface area is 91.8 Å². The zero-order chi connectivity index (χ0) is 10.6. The summed E-state index contributed by atoms with van der Waals surface area (Å²) >= 11 is 6.06. The van der Waals surface area contributed by atoms with E-state index >= 15 is 0 Å². The maximum atomic E-state index is 6.06. The van der Waals surface area contributed by atoms with Gasteiger partial charge in [-0.2, -0.15) is 0 Å². The molecule has 1 nitrogen and oxygen atoms in total. The van der Waals surface area contributed by atoms with Crippen LogP contribution < -0.4 is 0 Å². The van der Waals surface area contributed by atoms with Crippen molar-refractivity contribution < 1.29 is 4.74 Å². The smallest absolute Gasteiger partial charge is 0.133 e. The van der Waals surface area contributed by atoms with Crippen LogP contribution in [0.4, 0.5) is 0 Å². The Morgan fingerprint density at radius 1 is 1.57 bits per heavy atom. The molecule has 14 heavy (non-hydrogen) atoms. The minimum atomic E-state index is 0.544. The summed E-state index contributed by atoms with van der Waals surface area (Å²) in [6.07, 6.45) is 6.41. The molecular formula is C12H19ClO. The normalized spacial score (nSPS) is 21.9. The maximum Gasteiger partial charge on any atom is 0.133 e. The first-order chi connectivity index (χ1) is 6.63. The van der Waals surface area contributed by atoms with Crippen molar-refractivity contribution in [1.29, 1.82) is 0 Å². The Morgan fingerprint density at radius 3 is 2.86 bits per heavy atom. The highest BCUT2D eigenvalue weighted by Crippen LogP contribution is 2.28. The third-order valence-electron chi connectivity index (χ3n) is 2.32. The largest absolute Gasteiger partial charge is 0.492 e. The van der Waals surface area contributed by atoms with Crippen LogP contribution in [0.25, 0.3) is 0 Å². The first-order valence-corrected chi connectivity index (χ1v) is 5.72. The molecule has 80 valence electrons. The highest BCUT2D eigenvalue weighted by molar-refractivity contribution is 6.31. The number of allylic oxidation sites excluding steroid dienone is 3. The molecule has 1 aliphatic carbocycles. The molecule has 2 heteroatoms. The average molecular weight is 215 g/mol. The summed E-state index contributed by atoms with van der Waals surface area (Å²) in [5.41, 5.74) is 0. The monoisotopic (exact) mass is 214 g/mol. The van der Waals surface area contributed by atoms with Crippen molar-refractivity contribution >= 4 is 11.6 Å².